The van der Waals surface area contributed by atoms with Crippen LogP contribution in [0.4, 0.5) is 11.4 Å². The van der Waals surface area contributed by atoms with Crippen LogP contribution in [0.3, 0.4) is 0 Å². The fourth-order valence-corrected chi connectivity index (χ4v) is 2.01. The largest absolute Gasteiger partial charge is 0.390 e. The van der Waals surface area contributed by atoms with Crippen LogP contribution in [0.2, 0.25) is 0 Å². The van der Waals surface area contributed by atoms with Crippen molar-refractivity contribution in [2.75, 3.05) is 23.1 Å². The third-order valence-corrected chi connectivity index (χ3v) is 3.51. The van der Waals surface area contributed by atoms with Gasteiger partial charge in [0.15, 0.2) is 0 Å². The molecule has 0 aliphatic heterocycles. The van der Waals surface area contributed by atoms with E-state index >= 15 is 0 Å². The zero-order chi connectivity index (χ0) is 15.9. The van der Waals surface area contributed by atoms with Crippen molar-refractivity contribution in [2.45, 2.75) is 13.0 Å². The van der Waals surface area contributed by atoms with Gasteiger partial charge in [-0.1, -0.05) is 23.8 Å². The van der Waals surface area contributed by atoms with E-state index in [2.05, 4.69) is 10.6 Å². The molecule has 0 bridgehead atoms. The predicted molar refractivity (Wildman–Crippen MR) is 90.8 cm³/mol. The van der Waals surface area contributed by atoms with E-state index in [0.717, 1.165) is 11.3 Å². The predicted octanol–water partition coefficient (Wildman–Crippen LogP) is 3.26. The third kappa shape index (κ3) is 4.76. The number of anilines is 2. The van der Waals surface area contributed by atoms with Crippen LogP contribution in [0.15, 0.2) is 48.5 Å². The minimum atomic E-state index is -0.604. The molecule has 3 N–H and O–H groups in total. The van der Waals surface area contributed by atoms with Crippen LogP contribution >= 0.6 is 11.6 Å². The van der Waals surface area contributed by atoms with Gasteiger partial charge >= 0.3 is 0 Å². The van der Waals surface area contributed by atoms with Gasteiger partial charge in [0, 0.05) is 23.5 Å². The van der Waals surface area contributed by atoms with Crippen LogP contribution in [0.1, 0.15) is 15.9 Å². The van der Waals surface area contributed by atoms with Crippen molar-refractivity contribution < 1.29 is 9.90 Å². The molecule has 1 unspecified atom stereocenters. The summed E-state index contributed by atoms with van der Waals surface area (Å²) in [5.74, 6) is 0.0227. The molecule has 0 saturated carbocycles. The maximum atomic E-state index is 12.2. The SMILES string of the molecule is Cc1ccc(C(=O)Nc2cccc(NCC(O)CCl)c2)cc1. The highest BCUT2D eigenvalue weighted by molar-refractivity contribution is 6.18. The number of aliphatic hydroxyl groups is 1. The number of aryl methyl sites for hydroxylation is 1. The van der Waals surface area contributed by atoms with Crippen molar-refractivity contribution in [1.82, 2.24) is 0 Å². The Bertz CT molecular complexity index is 629. The maximum Gasteiger partial charge on any atom is 0.255 e. The molecule has 5 heteroatoms. The van der Waals surface area contributed by atoms with Crippen molar-refractivity contribution in [2.24, 2.45) is 0 Å². The molecule has 116 valence electrons. The van der Waals surface area contributed by atoms with Crippen molar-refractivity contribution in [3.05, 3.63) is 59.7 Å². The second-order valence-electron chi connectivity index (χ2n) is 5.09. The van der Waals surface area contributed by atoms with Gasteiger partial charge in [-0.2, -0.15) is 0 Å². The quantitative estimate of drug-likeness (QED) is 0.716. The lowest BCUT2D eigenvalue weighted by Crippen LogP contribution is -2.20. The van der Waals surface area contributed by atoms with Crippen molar-refractivity contribution in [3.63, 3.8) is 0 Å². The molecule has 4 nitrogen and oxygen atoms in total. The summed E-state index contributed by atoms with van der Waals surface area (Å²) in [6.07, 6.45) is -0.604. The number of hydrogen-bond acceptors (Lipinski definition) is 3. The summed E-state index contributed by atoms with van der Waals surface area (Å²) in [6.45, 7) is 2.34. The van der Waals surface area contributed by atoms with Gasteiger partial charge in [-0.05, 0) is 37.3 Å². The van der Waals surface area contributed by atoms with Crippen molar-refractivity contribution in [3.8, 4) is 0 Å². The second kappa shape index (κ2) is 7.82. The van der Waals surface area contributed by atoms with Gasteiger partial charge in [0.1, 0.15) is 0 Å². The summed E-state index contributed by atoms with van der Waals surface area (Å²) in [7, 11) is 0. The van der Waals surface area contributed by atoms with E-state index in [9.17, 15) is 9.90 Å². The molecule has 0 radical (unpaired) electrons. The van der Waals surface area contributed by atoms with E-state index in [-0.39, 0.29) is 11.8 Å². The van der Waals surface area contributed by atoms with Crippen LogP contribution in [-0.4, -0.2) is 29.5 Å². The Morgan fingerprint density at radius 2 is 1.86 bits per heavy atom. The normalized spacial score (nSPS) is 11.8. The Labute approximate surface area is 135 Å². The lowest BCUT2D eigenvalue weighted by molar-refractivity contribution is 0.102. The van der Waals surface area contributed by atoms with Gasteiger partial charge in [-0.15, -0.1) is 11.6 Å². The molecule has 0 spiro atoms. The Morgan fingerprint density at radius 1 is 1.18 bits per heavy atom. The van der Waals surface area contributed by atoms with Gasteiger partial charge in [0.05, 0.1) is 12.0 Å². The molecule has 22 heavy (non-hydrogen) atoms. The van der Waals surface area contributed by atoms with Gasteiger partial charge in [-0.25, -0.2) is 0 Å². The molecule has 2 aromatic rings. The highest BCUT2D eigenvalue weighted by Crippen LogP contribution is 2.16. The Hall–Kier alpha value is -2.04. The number of alkyl halides is 1. The van der Waals surface area contributed by atoms with E-state index in [1.54, 1.807) is 12.1 Å². The van der Waals surface area contributed by atoms with E-state index in [4.69, 9.17) is 11.6 Å². The smallest absolute Gasteiger partial charge is 0.255 e. The van der Waals surface area contributed by atoms with Crippen LogP contribution in [0, 0.1) is 6.92 Å². The molecular formula is C17H19ClN2O2. The van der Waals surface area contributed by atoms with E-state index in [0.29, 0.717) is 17.8 Å². The number of carbonyl (C=O) groups excluding carboxylic acids is 1. The molecule has 1 atom stereocenters. The molecule has 2 rings (SSSR count). The minimum absolute atomic E-state index is 0.155. The Morgan fingerprint density at radius 3 is 2.55 bits per heavy atom. The summed E-state index contributed by atoms with van der Waals surface area (Å²) in [4.78, 5) is 12.2. The summed E-state index contributed by atoms with van der Waals surface area (Å²) < 4.78 is 0. The van der Waals surface area contributed by atoms with Crippen molar-refractivity contribution in [1.29, 1.82) is 0 Å². The van der Waals surface area contributed by atoms with E-state index in [1.807, 2.05) is 43.3 Å². The first kappa shape index (κ1) is 16.3. The van der Waals surface area contributed by atoms with E-state index in [1.165, 1.54) is 0 Å². The summed E-state index contributed by atoms with van der Waals surface area (Å²) in [5, 5.41) is 15.4. The van der Waals surface area contributed by atoms with Crippen LogP contribution < -0.4 is 10.6 Å². The average molecular weight is 319 g/mol. The zero-order valence-corrected chi connectivity index (χ0v) is 13.1. The average Bonchev–Trinajstić information content (AvgIpc) is 2.53. The molecular weight excluding hydrogens is 300 g/mol. The third-order valence-electron chi connectivity index (χ3n) is 3.15. The lowest BCUT2D eigenvalue weighted by Gasteiger charge is -2.12. The molecule has 0 aliphatic rings. The highest BCUT2D eigenvalue weighted by atomic mass is 35.5. The van der Waals surface area contributed by atoms with Gasteiger partial charge in [0.25, 0.3) is 5.91 Å². The molecule has 0 fully saturated rings. The standard InChI is InChI=1S/C17H19ClN2O2/c1-12-5-7-13(8-6-12)17(22)20-15-4-2-3-14(9-15)19-11-16(21)10-18/h2-9,16,19,21H,10-11H2,1H3,(H,20,22). The number of rotatable bonds is 6. The first-order valence-corrected chi connectivity index (χ1v) is 7.58. The summed E-state index contributed by atoms with van der Waals surface area (Å²) >= 11 is 5.55. The lowest BCUT2D eigenvalue weighted by atomic mass is 10.1. The van der Waals surface area contributed by atoms with Crippen LogP contribution in [-0.2, 0) is 0 Å². The van der Waals surface area contributed by atoms with Gasteiger partial charge in [0.2, 0.25) is 0 Å². The van der Waals surface area contributed by atoms with E-state index < -0.39 is 6.10 Å². The van der Waals surface area contributed by atoms with Crippen LogP contribution in [0.25, 0.3) is 0 Å². The molecule has 0 aromatic heterocycles. The number of hydrogen-bond donors (Lipinski definition) is 3. The van der Waals surface area contributed by atoms with Crippen LogP contribution in [0.5, 0.6) is 0 Å². The first-order valence-electron chi connectivity index (χ1n) is 7.04. The zero-order valence-electron chi connectivity index (χ0n) is 12.3. The van der Waals surface area contributed by atoms with Crippen molar-refractivity contribution >= 4 is 28.9 Å². The summed E-state index contributed by atoms with van der Waals surface area (Å²) in [5.41, 5.74) is 3.23. The molecule has 2 aromatic carbocycles. The fraction of sp³-hybridized carbons (Fsp3) is 0.235. The number of halogens is 1. The molecule has 0 heterocycles. The number of aliphatic hydroxyl groups excluding tert-OH is 1. The second-order valence-corrected chi connectivity index (χ2v) is 5.40. The fourth-order valence-electron chi connectivity index (χ4n) is 1.91. The maximum absolute atomic E-state index is 12.2. The molecule has 0 aliphatic carbocycles. The van der Waals surface area contributed by atoms with Gasteiger partial charge < -0.3 is 15.7 Å². The number of amides is 1. The minimum Gasteiger partial charge on any atom is -0.390 e. The summed E-state index contributed by atoms with van der Waals surface area (Å²) in [6, 6.07) is 14.7. The topological polar surface area (TPSA) is 61.4 Å². The Balaban J connectivity index is 2.00. The number of carbonyl (C=O) groups is 1. The first-order chi connectivity index (χ1) is 10.6. The number of nitrogens with one attached hydrogen (secondary N) is 2. The molecule has 0 saturated heterocycles. The number of benzene rings is 2. The molecule has 1 amide bonds. The highest BCUT2D eigenvalue weighted by Gasteiger charge is 2.06. The monoisotopic (exact) mass is 318 g/mol. The van der Waals surface area contributed by atoms with Gasteiger partial charge in [-0.3, -0.25) is 4.79 Å². The Kier molecular flexibility index (Phi) is 5.81.